The van der Waals surface area contributed by atoms with Crippen LogP contribution in [0.3, 0.4) is 0 Å². The van der Waals surface area contributed by atoms with Gasteiger partial charge in [-0.15, -0.1) is 0 Å². The van der Waals surface area contributed by atoms with E-state index >= 15 is 0 Å². The zero-order valence-corrected chi connectivity index (χ0v) is 14.0. The molecule has 0 N–H and O–H groups in total. The van der Waals surface area contributed by atoms with Gasteiger partial charge >= 0.3 is 6.09 Å². The van der Waals surface area contributed by atoms with Crippen molar-refractivity contribution in [1.29, 1.82) is 0 Å². The van der Waals surface area contributed by atoms with Crippen LogP contribution in [0.1, 0.15) is 31.7 Å². The SMILES string of the molecule is CCCN(C)C(=O)C1CCN(C(=O)OCc2ccccc2)CC1. The van der Waals surface area contributed by atoms with Gasteiger partial charge in [-0.2, -0.15) is 0 Å². The lowest BCUT2D eigenvalue weighted by Gasteiger charge is -2.32. The molecule has 1 aromatic rings. The minimum absolute atomic E-state index is 0.0322. The van der Waals surface area contributed by atoms with Gasteiger partial charge in [-0.25, -0.2) is 4.79 Å². The smallest absolute Gasteiger partial charge is 0.410 e. The first-order valence-corrected chi connectivity index (χ1v) is 8.32. The number of hydrogen-bond donors (Lipinski definition) is 0. The summed E-state index contributed by atoms with van der Waals surface area (Å²) < 4.78 is 5.34. The van der Waals surface area contributed by atoms with E-state index < -0.39 is 0 Å². The highest BCUT2D eigenvalue weighted by Crippen LogP contribution is 2.20. The average molecular weight is 318 g/mol. The summed E-state index contributed by atoms with van der Waals surface area (Å²) in [5.74, 6) is 0.230. The van der Waals surface area contributed by atoms with Gasteiger partial charge in [-0.05, 0) is 24.8 Å². The van der Waals surface area contributed by atoms with Crippen LogP contribution < -0.4 is 0 Å². The van der Waals surface area contributed by atoms with E-state index in [1.54, 1.807) is 9.80 Å². The molecular formula is C18H26N2O3. The van der Waals surface area contributed by atoms with Crippen molar-refractivity contribution < 1.29 is 14.3 Å². The summed E-state index contributed by atoms with van der Waals surface area (Å²) in [6, 6.07) is 9.65. The quantitative estimate of drug-likeness (QED) is 0.839. The Morgan fingerprint density at radius 2 is 1.87 bits per heavy atom. The first-order valence-electron chi connectivity index (χ1n) is 8.32. The van der Waals surface area contributed by atoms with Gasteiger partial charge in [-0.3, -0.25) is 4.79 Å². The summed E-state index contributed by atoms with van der Waals surface area (Å²) in [5.41, 5.74) is 0.979. The summed E-state index contributed by atoms with van der Waals surface area (Å²) in [6.45, 7) is 4.32. The van der Waals surface area contributed by atoms with Gasteiger partial charge < -0.3 is 14.5 Å². The van der Waals surface area contributed by atoms with Crippen LogP contribution >= 0.6 is 0 Å². The molecule has 0 saturated carbocycles. The summed E-state index contributed by atoms with van der Waals surface area (Å²) >= 11 is 0. The molecule has 126 valence electrons. The molecule has 0 radical (unpaired) electrons. The van der Waals surface area contributed by atoms with Crippen molar-refractivity contribution in [2.45, 2.75) is 32.8 Å². The van der Waals surface area contributed by atoms with Crippen molar-refractivity contribution in [3.8, 4) is 0 Å². The number of nitrogens with zero attached hydrogens (tertiary/aromatic N) is 2. The van der Waals surface area contributed by atoms with Gasteiger partial charge in [-0.1, -0.05) is 37.3 Å². The van der Waals surface area contributed by atoms with E-state index in [2.05, 4.69) is 6.92 Å². The number of piperidine rings is 1. The zero-order chi connectivity index (χ0) is 16.7. The van der Waals surface area contributed by atoms with Crippen LogP contribution in [0, 0.1) is 5.92 Å². The monoisotopic (exact) mass is 318 g/mol. The van der Waals surface area contributed by atoms with Crippen LogP contribution in [0.15, 0.2) is 30.3 Å². The van der Waals surface area contributed by atoms with E-state index in [0.29, 0.717) is 25.9 Å². The highest BCUT2D eigenvalue weighted by molar-refractivity contribution is 5.79. The largest absolute Gasteiger partial charge is 0.445 e. The van der Waals surface area contributed by atoms with E-state index in [0.717, 1.165) is 18.5 Å². The third-order valence-corrected chi connectivity index (χ3v) is 4.24. The number of likely N-dealkylation sites (tertiary alicyclic amines) is 1. The van der Waals surface area contributed by atoms with Crippen molar-refractivity contribution in [2.75, 3.05) is 26.7 Å². The predicted molar refractivity (Wildman–Crippen MR) is 88.9 cm³/mol. The second-order valence-corrected chi connectivity index (χ2v) is 6.06. The molecular weight excluding hydrogens is 292 g/mol. The molecule has 0 aliphatic carbocycles. The van der Waals surface area contributed by atoms with Crippen LogP contribution in [0.5, 0.6) is 0 Å². The fourth-order valence-electron chi connectivity index (χ4n) is 2.88. The second-order valence-electron chi connectivity index (χ2n) is 6.06. The van der Waals surface area contributed by atoms with Gasteiger partial charge in [0.25, 0.3) is 0 Å². The molecule has 0 atom stereocenters. The Morgan fingerprint density at radius 1 is 1.22 bits per heavy atom. The highest BCUT2D eigenvalue weighted by Gasteiger charge is 2.29. The zero-order valence-electron chi connectivity index (χ0n) is 14.0. The molecule has 23 heavy (non-hydrogen) atoms. The van der Waals surface area contributed by atoms with Gasteiger partial charge in [0, 0.05) is 32.6 Å². The first kappa shape index (κ1) is 17.3. The van der Waals surface area contributed by atoms with Gasteiger partial charge in [0.1, 0.15) is 6.61 Å². The number of ether oxygens (including phenoxy) is 1. The molecule has 1 aromatic carbocycles. The molecule has 5 nitrogen and oxygen atoms in total. The van der Waals surface area contributed by atoms with Gasteiger partial charge in [0.2, 0.25) is 5.91 Å². The summed E-state index contributed by atoms with van der Waals surface area (Å²) in [7, 11) is 1.85. The summed E-state index contributed by atoms with van der Waals surface area (Å²) in [4.78, 5) is 27.9. The van der Waals surface area contributed by atoms with Gasteiger partial charge in [0.05, 0.1) is 0 Å². The lowest BCUT2D eigenvalue weighted by molar-refractivity contribution is -0.135. The van der Waals surface area contributed by atoms with Crippen molar-refractivity contribution in [3.63, 3.8) is 0 Å². The Bertz CT molecular complexity index is 510. The highest BCUT2D eigenvalue weighted by atomic mass is 16.6. The van der Waals surface area contributed by atoms with E-state index in [9.17, 15) is 9.59 Å². The number of carbonyl (C=O) groups is 2. The average Bonchev–Trinajstić information content (AvgIpc) is 2.60. The Hall–Kier alpha value is -2.04. The van der Waals surface area contributed by atoms with E-state index in [1.165, 1.54) is 0 Å². The van der Waals surface area contributed by atoms with E-state index in [4.69, 9.17) is 4.74 Å². The van der Waals surface area contributed by atoms with Crippen LogP contribution in [0.2, 0.25) is 0 Å². The lowest BCUT2D eigenvalue weighted by atomic mass is 9.95. The minimum atomic E-state index is -0.290. The van der Waals surface area contributed by atoms with Crippen LogP contribution in [-0.4, -0.2) is 48.5 Å². The minimum Gasteiger partial charge on any atom is -0.445 e. The van der Waals surface area contributed by atoms with Crippen LogP contribution in [0.25, 0.3) is 0 Å². The summed E-state index contributed by atoms with van der Waals surface area (Å²) in [6.07, 6.45) is 2.11. The number of rotatable bonds is 5. The third-order valence-electron chi connectivity index (χ3n) is 4.24. The third kappa shape index (κ3) is 4.98. The fraction of sp³-hybridized carbons (Fsp3) is 0.556. The molecule has 1 saturated heterocycles. The molecule has 5 heteroatoms. The maximum absolute atomic E-state index is 12.3. The standard InChI is InChI=1S/C18H26N2O3/c1-3-11-19(2)17(21)16-9-12-20(13-10-16)18(22)23-14-15-7-5-4-6-8-15/h4-8,16H,3,9-14H2,1-2H3. The lowest BCUT2D eigenvalue weighted by Crippen LogP contribution is -2.43. The second kappa shape index (κ2) is 8.56. The van der Waals surface area contributed by atoms with Crippen molar-refractivity contribution in [3.05, 3.63) is 35.9 Å². The Balaban J connectivity index is 1.75. The molecule has 1 fully saturated rings. The Kier molecular flexibility index (Phi) is 6.44. The van der Waals surface area contributed by atoms with Crippen LogP contribution in [0.4, 0.5) is 4.79 Å². The number of carbonyl (C=O) groups excluding carboxylic acids is 2. The number of hydrogen-bond acceptors (Lipinski definition) is 3. The molecule has 1 aliphatic heterocycles. The Labute approximate surface area is 138 Å². The number of benzene rings is 1. The van der Waals surface area contributed by atoms with Crippen molar-refractivity contribution in [2.24, 2.45) is 5.92 Å². The molecule has 0 aromatic heterocycles. The predicted octanol–water partition coefficient (Wildman–Crippen LogP) is 2.90. The Morgan fingerprint density at radius 3 is 2.48 bits per heavy atom. The molecule has 0 unspecified atom stereocenters. The molecule has 2 amide bonds. The topological polar surface area (TPSA) is 49.9 Å². The van der Waals surface area contributed by atoms with Gasteiger partial charge in [0.15, 0.2) is 0 Å². The molecule has 1 heterocycles. The van der Waals surface area contributed by atoms with Crippen molar-refractivity contribution >= 4 is 12.0 Å². The summed E-state index contributed by atoms with van der Waals surface area (Å²) in [5, 5.41) is 0. The molecule has 0 bridgehead atoms. The maximum atomic E-state index is 12.3. The number of amides is 2. The van der Waals surface area contributed by atoms with E-state index in [-0.39, 0.29) is 24.5 Å². The van der Waals surface area contributed by atoms with Crippen LogP contribution in [-0.2, 0) is 16.1 Å². The molecule has 1 aliphatic rings. The normalized spacial score (nSPS) is 15.3. The molecule has 0 spiro atoms. The van der Waals surface area contributed by atoms with Crippen molar-refractivity contribution in [1.82, 2.24) is 9.80 Å². The van der Waals surface area contributed by atoms with E-state index in [1.807, 2.05) is 37.4 Å². The first-order chi connectivity index (χ1) is 11.1. The molecule has 2 rings (SSSR count). The fourth-order valence-corrected chi connectivity index (χ4v) is 2.88. The maximum Gasteiger partial charge on any atom is 0.410 e.